The molecule has 0 saturated carbocycles. The second-order valence-electron chi connectivity index (χ2n) is 5.41. The van der Waals surface area contributed by atoms with E-state index in [1.807, 2.05) is 0 Å². The van der Waals surface area contributed by atoms with E-state index in [0.29, 0.717) is 5.92 Å². The van der Waals surface area contributed by atoms with Crippen molar-refractivity contribution >= 4 is 5.97 Å². The summed E-state index contributed by atoms with van der Waals surface area (Å²) in [6.45, 7) is 5.32. The van der Waals surface area contributed by atoms with E-state index in [2.05, 4.69) is 18.6 Å². The van der Waals surface area contributed by atoms with Crippen LogP contribution >= 0.6 is 0 Å². The lowest BCUT2D eigenvalue weighted by Crippen LogP contribution is -2.42. The highest BCUT2D eigenvalue weighted by atomic mass is 19.3. The van der Waals surface area contributed by atoms with Gasteiger partial charge in [-0.25, -0.2) is 8.78 Å². The first-order valence-electron chi connectivity index (χ1n) is 6.94. The van der Waals surface area contributed by atoms with Gasteiger partial charge in [0.2, 0.25) is 0 Å². The van der Waals surface area contributed by atoms with Crippen LogP contribution in [0.1, 0.15) is 44.2 Å². The summed E-state index contributed by atoms with van der Waals surface area (Å²) in [5, 5.41) is 10.4. The lowest BCUT2D eigenvalue weighted by molar-refractivity contribution is -0.167. The summed E-state index contributed by atoms with van der Waals surface area (Å²) in [5.41, 5.74) is -0.663. The Balaban J connectivity index is 3.13. The third-order valence-corrected chi connectivity index (χ3v) is 3.99. The smallest absolute Gasteiger partial charge is 0.317 e. The van der Waals surface area contributed by atoms with Crippen molar-refractivity contribution in [3.05, 3.63) is 35.4 Å². The van der Waals surface area contributed by atoms with E-state index in [0.717, 1.165) is 19.1 Å². The Morgan fingerprint density at radius 1 is 1.33 bits per heavy atom. The van der Waals surface area contributed by atoms with Gasteiger partial charge >= 0.3 is 5.97 Å². The zero-order valence-electron chi connectivity index (χ0n) is 12.8. The number of benzene rings is 1. The summed E-state index contributed by atoms with van der Waals surface area (Å²) in [7, 11) is 1.03. The molecule has 3 atom stereocenters. The molecule has 0 spiro atoms. The molecule has 0 radical (unpaired) electrons. The van der Waals surface area contributed by atoms with Crippen LogP contribution in [0.15, 0.2) is 24.3 Å². The molecular formula is C16H22F2O3. The number of carbonyl (C=O) groups is 1. The van der Waals surface area contributed by atoms with Gasteiger partial charge in [-0.05, 0) is 30.4 Å². The van der Waals surface area contributed by atoms with Crippen LogP contribution in [0, 0.1) is 5.92 Å². The second-order valence-corrected chi connectivity index (χ2v) is 5.41. The first-order chi connectivity index (χ1) is 9.75. The van der Waals surface area contributed by atoms with E-state index >= 15 is 0 Å². The number of hydrogen-bond donors (Lipinski definition) is 1. The van der Waals surface area contributed by atoms with E-state index in [-0.39, 0.29) is 5.56 Å². The average Bonchev–Trinajstić information content (AvgIpc) is 2.45. The molecule has 0 aromatic heterocycles. The quantitative estimate of drug-likeness (QED) is 0.818. The van der Waals surface area contributed by atoms with Gasteiger partial charge in [0.1, 0.15) is 11.5 Å². The van der Waals surface area contributed by atoms with E-state index in [1.165, 1.54) is 6.92 Å². The molecule has 5 heteroatoms. The molecule has 21 heavy (non-hydrogen) atoms. The monoisotopic (exact) mass is 300 g/mol. The first-order valence-corrected chi connectivity index (χ1v) is 6.94. The number of rotatable bonds is 6. The van der Waals surface area contributed by atoms with E-state index in [1.54, 1.807) is 24.3 Å². The number of alkyl halides is 2. The molecule has 0 aliphatic carbocycles. The Kier molecular flexibility index (Phi) is 5.84. The van der Waals surface area contributed by atoms with Crippen molar-refractivity contribution in [2.45, 2.75) is 45.1 Å². The third kappa shape index (κ3) is 3.79. The Bertz CT molecular complexity index is 469. The lowest BCUT2D eigenvalue weighted by atomic mass is 9.82. The van der Waals surface area contributed by atoms with Crippen LogP contribution in [0.2, 0.25) is 0 Å². The highest BCUT2D eigenvalue weighted by Crippen LogP contribution is 2.35. The van der Waals surface area contributed by atoms with Crippen molar-refractivity contribution in [1.29, 1.82) is 0 Å². The van der Waals surface area contributed by atoms with Crippen molar-refractivity contribution in [2.75, 3.05) is 7.11 Å². The van der Waals surface area contributed by atoms with Crippen LogP contribution in [0.4, 0.5) is 8.78 Å². The molecule has 3 unspecified atom stereocenters. The van der Waals surface area contributed by atoms with Gasteiger partial charge in [0, 0.05) is 0 Å². The normalized spacial score (nSPS) is 17.1. The minimum atomic E-state index is -3.01. The zero-order chi connectivity index (χ0) is 16.2. The van der Waals surface area contributed by atoms with Gasteiger partial charge in [-0.15, -0.1) is 0 Å². The topological polar surface area (TPSA) is 46.5 Å². The Morgan fingerprint density at radius 2 is 1.86 bits per heavy atom. The van der Waals surface area contributed by atoms with Gasteiger partial charge < -0.3 is 9.84 Å². The van der Waals surface area contributed by atoms with Crippen molar-refractivity contribution in [2.24, 2.45) is 5.92 Å². The molecule has 0 amide bonds. The van der Waals surface area contributed by atoms with Gasteiger partial charge in [-0.1, -0.05) is 38.1 Å². The van der Waals surface area contributed by atoms with E-state index in [4.69, 9.17) is 0 Å². The summed E-state index contributed by atoms with van der Waals surface area (Å²) in [6, 6.07) is 6.75. The molecule has 1 aromatic carbocycles. The predicted molar refractivity (Wildman–Crippen MR) is 76.2 cm³/mol. The number of methoxy groups -OCH3 is 1. The first kappa shape index (κ1) is 17.6. The van der Waals surface area contributed by atoms with Crippen molar-refractivity contribution < 1.29 is 23.4 Å². The zero-order valence-corrected chi connectivity index (χ0v) is 12.8. The van der Waals surface area contributed by atoms with Crippen molar-refractivity contribution in [3.8, 4) is 0 Å². The number of ether oxygens (including phenoxy) is 1. The summed E-state index contributed by atoms with van der Waals surface area (Å²) in [6.07, 6.45) is -2.06. The molecule has 0 aliphatic heterocycles. The molecular weight excluding hydrogens is 278 g/mol. The average molecular weight is 300 g/mol. The summed E-state index contributed by atoms with van der Waals surface area (Å²) in [5.74, 6) is -2.70. The fourth-order valence-electron chi connectivity index (χ4n) is 2.27. The number of aliphatic hydroxyl groups is 1. The maximum atomic E-state index is 13.1. The molecule has 118 valence electrons. The minimum Gasteiger partial charge on any atom is -0.469 e. The number of esters is 1. The molecule has 0 bridgehead atoms. The van der Waals surface area contributed by atoms with Gasteiger partial charge in [0.25, 0.3) is 6.43 Å². The summed E-state index contributed by atoms with van der Waals surface area (Å²) < 4.78 is 30.6. The molecule has 1 N–H and O–H groups in total. The van der Waals surface area contributed by atoms with Gasteiger partial charge in [0.15, 0.2) is 0 Å². The fourth-order valence-corrected chi connectivity index (χ4v) is 2.27. The van der Waals surface area contributed by atoms with Gasteiger partial charge in [-0.2, -0.15) is 0 Å². The third-order valence-electron chi connectivity index (χ3n) is 3.99. The van der Waals surface area contributed by atoms with Crippen LogP contribution in [-0.2, 0) is 15.1 Å². The largest absolute Gasteiger partial charge is 0.469 e. The maximum Gasteiger partial charge on any atom is 0.317 e. The van der Waals surface area contributed by atoms with Crippen molar-refractivity contribution in [3.63, 3.8) is 0 Å². The summed E-state index contributed by atoms with van der Waals surface area (Å²) >= 11 is 0. The Labute approximate surface area is 123 Å². The predicted octanol–water partition coefficient (Wildman–Crippen LogP) is 3.46. The molecule has 3 nitrogen and oxygen atoms in total. The number of halogens is 2. The second kappa shape index (κ2) is 6.98. The van der Waals surface area contributed by atoms with Crippen LogP contribution < -0.4 is 0 Å². The Morgan fingerprint density at radius 3 is 2.24 bits per heavy atom. The molecule has 1 aromatic rings. The SMILES string of the molecule is CCC(C)c1ccc(C(C)(O)C(C(=O)OC)C(F)F)cc1. The minimum absolute atomic E-state index is 0.269. The number of carbonyl (C=O) groups excluding carboxylic acids is 1. The molecule has 1 rings (SSSR count). The highest BCUT2D eigenvalue weighted by molar-refractivity contribution is 5.74. The van der Waals surface area contributed by atoms with Crippen LogP contribution in [0.5, 0.6) is 0 Å². The lowest BCUT2D eigenvalue weighted by Gasteiger charge is -2.31. The fraction of sp³-hybridized carbons (Fsp3) is 0.562. The van der Waals surface area contributed by atoms with Crippen LogP contribution in [-0.4, -0.2) is 24.6 Å². The highest BCUT2D eigenvalue weighted by Gasteiger charge is 2.46. The van der Waals surface area contributed by atoms with Gasteiger partial charge in [-0.3, -0.25) is 4.79 Å². The summed E-state index contributed by atoms with van der Waals surface area (Å²) in [4.78, 5) is 11.5. The molecule has 0 fully saturated rings. The van der Waals surface area contributed by atoms with Gasteiger partial charge in [0.05, 0.1) is 7.11 Å². The van der Waals surface area contributed by atoms with E-state index < -0.39 is 23.9 Å². The standard InChI is InChI=1S/C16H22F2O3/c1-5-10(2)11-6-8-12(9-7-11)16(3,20)13(14(17)18)15(19)21-4/h6-10,13-14,20H,5H2,1-4H3. The molecule has 0 heterocycles. The Hall–Kier alpha value is -1.49. The molecule has 0 aliphatic rings. The number of hydrogen-bond acceptors (Lipinski definition) is 3. The molecule has 0 saturated heterocycles. The van der Waals surface area contributed by atoms with E-state index in [9.17, 15) is 18.7 Å². The van der Waals surface area contributed by atoms with Crippen LogP contribution in [0.25, 0.3) is 0 Å². The van der Waals surface area contributed by atoms with Crippen molar-refractivity contribution in [1.82, 2.24) is 0 Å². The maximum absolute atomic E-state index is 13.1. The van der Waals surface area contributed by atoms with Crippen LogP contribution in [0.3, 0.4) is 0 Å².